The second kappa shape index (κ2) is 6.26. The van der Waals surface area contributed by atoms with Crippen LogP contribution in [0.1, 0.15) is 32.5 Å². The van der Waals surface area contributed by atoms with Crippen LogP contribution < -0.4 is 10.2 Å². The molecule has 1 aromatic rings. The van der Waals surface area contributed by atoms with Crippen molar-refractivity contribution in [3.63, 3.8) is 0 Å². The SMILES string of the molecule is CC(C)N(CC1CCNCC1)c1nc(C(F)(F)F)ns1. The van der Waals surface area contributed by atoms with Crippen molar-refractivity contribution in [2.75, 3.05) is 24.5 Å². The second-order valence-electron chi connectivity index (χ2n) is 5.34. The third-order valence-corrected chi connectivity index (χ3v) is 4.20. The summed E-state index contributed by atoms with van der Waals surface area (Å²) in [4.78, 5) is 5.59. The summed E-state index contributed by atoms with van der Waals surface area (Å²) in [5.74, 6) is -0.537. The van der Waals surface area contributed by atoms with Gasteiger partial charge in [0.1, 0.15) is 0 Å². The first kappa shape index (κ1) is 15.5. The van der Waals surface area contributed by atoms with Gasteiger partial charge in [0.05, 0.1) is 0 Å². The van der Waals surface area contributed by atoms with Gasteiger partial charge in [-0.05, 0) is 45.7 Å². The van der Waals surface area contributed by atoms with Crippen LogP contribution in [0.25, 0.3) is 0 Å². The number of hydrogen-bond donors (Lipinski definition) is 1. The summed E-state index contributed by atoms with van der Waals surface area (Å²) in [6.07, 6.45) is -2.37. The van der Waals surface area contributed by atoms with Crippen molar-refractivity contribution < 1.29 is 13.2 Å². The maximum absolute atomic E-state index is 12.6. The Morgan fingerprint density at radius 1 is 1.35 bits per heavy atom. The normalized spacial score (nSPS) is 17.7. The van der Waals surface area contributed by atoms with Crippen LogP contribution in [-0.2, 0) is 6.18 Å². The van der Waals surface area contributed by atoms with Gasteiger partial charge in [0.2, 0.25) is 11.0 Å². The largest absolute Gasteiger partial charge is 0.452 e. The Morgan fingerprint density at radius 3 is 2.50 bits per heavy atom. The highest BCUT2D eigenvalue weighted by Gasteiger charge is 2.37. The predicted octanol–water partition coefficient (Wildman–Crippen LogP) is 2.77. The van der Waals surface area contributed by atoms with Gasteiger partial charge in [-0.15, -0.1) is 0 Å². The third-order valence-electron chi connectivity index (χ3n) is 3.45. The predicted molar refractivity (Wildman–Crippen MR) is 73.0 cm³/mol. The molecule has 0 atom stereocenters. The van der Waals surface area contributed by atoms with E-state index < -0.39 is 12.0 Å². The molecule has 1 fully saturated rings. The van der Waals surface area contributed by atoms with E-state index >= 15 is 0 Å². The molecular weight excluding hydrogens is 289 g/mol. The van der Waals surface area contributed by atoms with E-state index in [-0.39, 0.29) is 6.04 Å². The minimum Gasteiger partial charge on any atom is -0.344 e. The maximum atomic E-state index is 12.6. The van der Waals surface area contributed by atoms with Crippen molar-refractivity contribution in [2.24, 2.45) is 5.92 Å². The molecule has 0 unspecified atom stereocenters. The summed E-state index contributed by atoms with van der Waals surface area (Å²) in [7, 11) is 0. The van der Waals surface area contributed by atoms with Crippen molar-refractivity contribution in [1.29, 1.82) is 0 Å². The molecule has 4 nitrogen and oxygen atoms in total. The molecule has 0 amide bonds. The highest BCUT2D eigenvalue weighted by molar-refractivity contribution is 7.09. The lowest BCUT2D eigenvalue weighted by Gasteiger charge is -2.32. The molecule has 1 aromatic heterocycles. The van der Waals surface area contributed by atoms with Gasteiger partial charge in [0, 0.05) is 24.1 Å². The van der Waals surface area contributed by atoms with E-state index in [2.05, 4.69) is 14.7 Å². The summed E-state index contributed by atoms with van der Waals surface area (Å²) in [5, 5.41) is 3.65. The number of aromatic nitrogens is 2. The Bertz CT molecular complexity index is 427. The van der Waals surface area contributed by atoms with E-state index in [4.69, 9.17) is 0 Å². The van der Waals surface area contributed by atoms with E-state index in [0.717, 1.165) is 44.0 Å². The van der Waals surface area contributed by atoms with Crippen molar-refractivity contribution in [1.82, 2.24) is 14.7 Å². The summed E-state index contributed by atoms with van der Waals surface area (Å²) < 4.78 is 41.2. The molecule has 8 heteroatoms. The first-order chi connectivity index (χ1) is 9.38. The molecular formula is C12H19F3N4S. The van der Waals surface area contributed by atoms with Gasteiger partial charge in [0.25, 0.3) is 0 Å². The van der Waals surface area contributed by atoms with Crippen LogP contribution in [-0.4, -0.2) is 35.0 Å². The fourth-order valence-corrected chi connectivity index (χ4v) is 3.13. The van der Waals surface area contributed by atoms with Crippen LogP contribution in [0.2, 0.25) is 0 Å². The Kier molecular flexibility index (Phi) is 4.85. The molecule has 1 saturated heterocycles. The van der Waals surface area contributed by atoms with Crippen LogP contribution in [0.3, 0.4) is 0 Å². The van der Waals surface area contributed by atoms with E-state index in [0.29, 0.717) is 11.0 Å². The second-order valence-corrected chi connectivity index (χ2v) is 6.07. The minimum atomic E-state index is -4.47. The topological polar surface area (TPSA) is 41.0 Å². The number of hydrogen-bond acceptors (Lipinski definition) is 5. The lowest BCUT2D eigenvalue weighted by molar-refractivity contribution is -0.144. The van der Waals surface area contributed by atoms with E-state index in [1.165, 1.54) is 0 Å². The molecule has 0 spiro atoms. The van der Waals surface area contributed by atoms with Gasteiger partial charge < -0.3 is 10.2 Å². The molecule has 2 heterocycles. The zero-order valence-corrected chi connectivity index (χ0v) is 12.4. The summed E-state index contributed by atoms with van der Waals surface area (Å²) in [6.45, 7) is 6.62. The van der Waals surface area contributed by atoms with Crippen molar-refractivity contribution >= 4 is 16.7 Å². The fraction of sp³-hybridized carbons (Fsp3) is 0.833. The van der Waals surface area contributed by atoms with E-state index in [1.807, 2.05) is 18.7 Å². The molecule has 20 heavy (non-hydrogen) atoms. The molecule has 1 aliphatic heterocycles. The number of nitrogens with zero attached hydrogens (tertiary/aromatic N) is 3. The zero-order valence-electron chi connectivity index (χ0n) is 11.6. The van der Waals surface area contributed by atoms with Gasteiger partial charge in [0.15, 0.2) is 0 Å². The minimum absolute atomic E-state index is 0.110. The number of rotatable bonds is 4. The average molecular weight is 308 g/mol. The Hall–Kier alpha value is -0.890. The van der Waals surface area contributed by atoms with Gasteiger partial charge >= 0.3 is 6.18 Å². The number of halogens is 3. The van der Waals surface area contributed by atoms with Gasteiger partial charge in [-0.1, -0.05) is 0 Å². The lowest BCUT2D eigenvalue weighted by Crippen LogP contribution is -2.39. The first-order valence-corrected chi connectivity index (χ1v) is 7.53. The van der Waals surface area contributed by atoms with Crippen LogP contribution >= 0.6 is 11.5 Å². The number of anilines is 1. The highest BCUT2D eigenvalue weighted by atomic mass is 32.1. The van der Waals surface area contributed by atoms with Crippen LogP contribution in [0, 0.1) is 5.92 Å². The van der Waals surface area contributed by atoms with Crippen molar-refractivity contribution in [2.45, 2.75) is 38.9 Å². The highest BCUT2D eigenvalue weighted by Crippen LogP contribution is 2.31. The van der Waals surface area contributed by atoms with Crippen molar-refractivity contribution in [3.8, 4) is 0 Å². The number of alkyl halides is 3. The average Bonchev–Trinajstić information content (AvgIpc) is 2.86. The smallest absolute Gasteiger partial charge is 0.344 e. The van der Waals surface area contributed by atoms with Gasteiger partial charge in [-0.25, -0.2) is 0 Å². The quantitative estimate of drug-likeness (QED) is 0.928. The van der Waals surface area contributed by atoms with Crippen molar-refractivity contribution in [3.05, 3.63) is 5.82 Å². The standard InChI is InChI=1S/C12H19F3N4S/c1-8(2)19(7-9-3-5-16-6-4-9)11-17-10(18-20-11)12(13,14)15/h8-9,16H,3-7H2,1-2H3. The van der Waals surface area contributed by atoms with Crippen LogP contribution in [0.5, 0.6) is 0 Å². The monoisotopic (exact) mass is 308 g/mol. The first-order valence-electron chi connectivity index (χ1n) is 6.76. The molecule has 0 bridgehead atoms. The van der Waals surface area contributed by atoms with Gasteiger partial charge in [-0.3, -0.25) is 0 Å². The molecule has 0 aliphatic carbocycles. The summed E-state index contributed by atoms with van der Waals surface area (Å²) in [6, 6.07) is 0.110. The lowest BCUT2D eigenvalue weighted by atomic mass is 9.97. The molecule has 1 aliphatic rings. The Labute approximate surface area is 120 Å². The molecule has 2 rings (SSSR count). The van der Waals surface area contributed by atoms with Crippen LogP contribution in [0.4, 0.5) is 18.3 Å². The molecule has 0 radical (unpaired) electrons. The van der Waals surface area contributed by atoms with Crippen LogP contribution in [0.15, 0.2) is 0 Å². The maximum Gasteiger partial charge on any atom is 0.452 e. The van der Waals surface area contributed by atoms with E-state index in [1.54, 1.807) is 0 Å². The molecule has 0 aromatic carbocycles. The van der Waals surface area contributed by atoms with Gasteiger partial charge in [-0.2, -0.15) is 22.5 Å². The third kappa shape index (κ3) is 3.82. The molecule has 1 N–H and O–H groups in total. The molecule has 114 valence electrons. The Morgan fingerprint density at radius 2 is 2.00 bits per heavy atom. The number of piperidine rings is 1. The zero-order chi connectivity index (χ0) is 14.8. The Balaban J connectivity index is 2.09. The van der Waals surface area contributed by atoms with E-state index in [9.17, 15) is 13.2 Å². The molecule has 0 saturated carbocycles. The fourth-order valence-electron chi connectivity index (χ4n) is 2.30. The number of nitrogens with one attached hydrogen (secondary N) is 1. The summed E-state index contributed by atoms with van der Waals surface area (Å²) >= 11 is 0.831. The summed E-state index contributed by atoms with van der Waals surface area (Å²) in [5.41, 5.74) is 0.